The second-order valence-electron chi connectivity index (χ2n) is 4.07. The first kappa shape index (κ1) is 11.9. The zero-order chi connectivity index (χ0) is 12.3. The Balaban J connectivity index is 2.41. The molecule has 1 nitrogen and oxygen atoms in total. The number of hydrogen-bond acceptors (Lipinski definition) is 1. The molecular formula is C15H15OP. The summed E-state index contributed by atoms with van der Waals surface area (Å²) in [5.41, 5.74) is 0.946. The van der Waals surface area contributed by atoms with Gasteiger partial charge in [0.15, 0.2) is 0 Å². The van der Waals surface area contributed by atoms with E-state index in [0.29, 0.717) is 5.31 Å². The fourth-order valence-corrected chi connectivity index (χ4v) is 3.44. The minimum absolute atomic E-state index is 0.712. The van der Waals surface area contributed by atoms with Crippen LogP contribution in [0.1, 0.15) is 5.56 Å². The van der Waals surface area contributed by atoms with Gasteiger partial charge in [-0.25, -0.2) is 0 Å². The maximum atomic E-state index is 12.8. The smallest absolute Gasteiger partial charge is 0.140 e. The molecule has 0 aliphatic heterocycles. The van der Waals surface area contributed by atoms with E-state index in [0.717, 1.165) is 10.9 Å². The second kappa shape index (κ2) is 4.73. The van der Waals surface area contributed by atoms with Gasteiger partial charge in [-0.3, -0.25) is 0 Å². The van der Waals surface area contributed by atoms with Gasteiger partial charge < -0.3 is 4.57 Å². The highest BCUT2D eigenvalue weighted by Crippen LogP contribution is 2.53. The summed E-state index contributed by atoms with van der Waals surface area (Å²) >= 11 is 0. The fourth-order valence-electron chi connectivity index (χ4n) is 1.75. The molecule has 0 aliphatic rings. The lowest BCUT2D eigenvalue weighted by Crippen LogP contribution is -2.03. The summed E-state index contributed by atoms with van der Waals surface area (Å²) in [5.74, 6) is 0. The first-order valence-corrected chi connectivity index (χ1v) is 7.66. The summed E-state index contributed by atoms with van der Waals surface area (Å²) in [4.78, 5) is 0. The van der Waals surface area contributed by atoms with Crippen molar-refractivity contribution in [3.05, 3.63) is 72.8 Å². The molecule has 2 aromatic rings. The molecule has 2 aromatic carbocycles. The monoisotopic (exact) mass is 242 g/mol. The Kier molecular flexibility index (Phi) is 3.31. The third-order valence-electron chi connectivity index (χ3n) is 2.87. The van der Waals surface area contributed by atoms with E-state index in [1.807, 2.05) is 60.7 Å². The van der Waals surface area contributed by atoms with Crippen molar-refractivity contribution in [1.82, 2.24) is 0 Å². The molecule has 0 aliphatic carbocycles. The number of benzene rings is 2. The van der Waals surface area contributed by atoms with E-state index in [-0.39, 0.29) is 0 Å². The van der Waals surface area contributed by atoms with E-state index < -0.39 is 7.14 Å². The molecule has 1 atom stereocenters. The van der Waals surface area contributed by atoms with Crippen LogP contribution in [0.4, 0.5) is 0 Å². The van der Waals surface area contributed by atoms with Gasteiger partial charge in [0.25, 0.3) is 0 Å². The highest BCUT2D eigenvalue weighted by Gasteiger charge is 2.22. The first-order chi connectivity index (χ1) is 8.12. The molecule has 0 heterocycles. The van der Waals surface area contributed by atoms with Crippen LogP contribution >= 0.6 is 7.14 Å². The van der Waals surface area contributed by atoms with Crippen LogP contribution < -0.4 is 5.30 Å². The molecule has 0 radical (unpaired) electrons. The Morgan fingerprint density at radius 2 is 1.41 bits per heavy atom. The topological polar surface area (TPSA) is 17.1 Å². The Morgan fingerprint density at radius 1 is 0.941 bits per heavy atom. The van der Waals surface area contributed by atoms with Gasteiger partial charge in [-0.15, -0.1) is 0 Å². The van der Waals surface area contributed by atoms with Gasteiger partial charge in [0.2, 0.25) is 0 Å². The third-order valence-corrected chi connectivity index (χ3v) is 5.44. The van der Waals surface area contributed by atoms with Crippen molar-refractivity contribution in [3.63, 3.8) is 0 Å². The minimum atomic E-state index is -2.55. The summed E-state index contributed by atoms with van der Waals surface area (Å²) in [6, 6.07) is 19.2. The van der Waals surface area contributed by atoms with Crippen LogP contribution in [0.25, 0.3) is 5.31 Å². The second-order valence-corrected chi connectivity index (χ2v) is 6.98. The summed E-state index contributed by atoms with van der Waals surface area (Å²) < 4.78 is 12.8. The summed E-state index contributed by atoms with van der Waals surface area (Å²) in [6.07, 6.45) is 0. The average Bonchev–Trinajstić information content (AvgIpc) is 2.40. The van der Waals surface area contributed by atoms with E-state index in [1.54, 1.807) is 6.66 Å². The molecule has 17 heavy (non-hydrogen) atoms. The quantitative estimate of drug-likeness (QED) is 0.744. The predicted molar refractivity (Wildman–Crippen MR) is 75.1 cm³/mol. The zero-order valence-corrected chi connectivity index (χ0v) is 10.7. The summed E-state index contributed by atoms with van der Waals surface area (Å²) in [6.45, 7) is 5.79. The Labute approximate surface area is 102 Å². The Morgan fingerprint density at radius 3 is 1.94 bits per heavy atom. The molecule has 2 heteroatoms. The van der Waals surface area contributed by atoms with Gasteiger partial charge in [-0.1, -0.05) is 67.2 Å². The van der Waals surface area contributed by atoms with Crippen LogP contribution in [0.2, 0.25) is 0 Å². The molecule has 0 aromatic heterocycles. The maximum absolute atomic E-state index is 12.8. The van der Waals surface area contributed by atoms with E-state index in [4.69, 9.17) is 0 Å². The van der Waals surface area contributed by atoms with Crippen molar-refractivity contribution in [3.8, 4) is 0 Å². The normalized spacial score (nSPS) is 13.9. The van der Waals surface area contributed by atoms with Crippen LogP contribution in [-0.2, 0) is 4.57 Å². The molecule has 0 N–H and O–H groups in total. The maximum Gasteiger partial charge on any atom is 0.140 e. The van der Waals surface area contributed by atoms with Crippen molar-refractivity contribution >= 4 is 17.8 Å². The molecular weight excluding hydrogens is 227 g/mol. The van der Waals surface area contributed by atoms with Gasteiger partial charge in [-0.2, -0.15) is 0 Å². The average molecular weight is 242 g/mol. The molecule has 2 rings (SSSR count). The molecule has 0 saturated carbocycles. The first-order valence-electron chi connectivity index (χ1n) is 5.50. The number of hydrogen-bond donors (Lipinski definition) is 0. The predicted octanol–water partition coefficient (Wildman–Crippen LogP) is 3.98. The molecule has 0 amide bonds. The summed E-state index contributed by atoms with van der Waals surface area (Å²) in [5, 5.41) is 1.57. The lowest BCUT2D eigenvalue weighted by Gasteiger charge is -2.16. The van der Waals surface area contributed by atoms with Crippen LogP contribution in [0.5, 0.6) is 0 Å². The molecule has 1 unspecified atom stereocenters. The molecule has 86 valence electrons. The molecule has 0 spiro atoms. The van der Waals surface area contributed by atoms with Gasteiger partial charge in [0.05, 0.1) is 0 Å². The van der Waals surface area contributed by atoms with Crippen molar-refractivity contribution in [2.45, 2.75) is 0 Å². The SMILES string of the molecule is C=C(c1ccccc1)P(C)(=O)c1ccccc1. The van der Waals surface area contributed by atoms with Gasteiger partial charge in [0, 0.05) is 10.6 Å². The molecule has 0 saturated heterocycles. The lowest BCUT2D eigenvalue weighted by molar-refractivity contribution is 0.591. The lowest BCUT2D eigenvalue weighted by atomic mass is 10.2. The minimum Gasteiger partial charge on any atom is -0.314 e. The van der Waals surface area contributed by atoms with Crippen molar-refractivity contribution in [2.24, 2.45) is 0 Å². The van der Waals surface area contributed by atoms with Crippen molar-refractivity contribution in [1.29, 1.82) is 0 Å². The van der Waals surface area contributed by atoms with Gasteiger partial charge >= 0.3 is 0 Å². The van der Waals surface area contributed by atoms with Gasteiger partial charge in [-0.05, 0) is 12.2 Å². The van der Waals surface area contributed by atoms with E-state index in [2.05, 4.69) is 6.58 Å². The third kappa shape index (κ3) is 2.40. The zero-order valence-electron chi connectivity index (χ0n) is 9.84. The van der Waals surface area contributed by atoms with E-state index >= 15 is 0 Å². The standard InChI is InChI=1S/C15H15OP/c1-13(14-9-5-3-6-10-14)17(2,16)15-11-7-4-8-12-15/h3-12H,1H2,2H3. The van der Waals surface area contributed by atoms with Crippen LogP contribution in [-0.4, -0.2) is 6.66 Å². The highest BCUT2D eigenvalue weighted by molar-refractivity contribution is 7.80. The van der Waals surface area contributed by atoms with E-state index in [9.17, 15) is 4.57 Å². The molecule has 0 fully saturated rings. The van der Waals surface area contributed by atoms with Gasteiger partial charge in [0.1, 0.15) is 7.14 Å². The van der Waals surface area contributed by atoms with Crippen LogP contribution in [0, 0.1) is 0 Å². The van der Waals surface area contributed by atoms with Crippen LogP contribution in [0.3, 0.4) is 0 Å². The Bertz CT molecular complexity index is 558. The van der Waals surface area contributed by atoms with Crippen molar-refractivity contribution in [2.75, 3.05) is 6.66 Å². The largest absolute Gasteiger partial charge is 0.314 e. The Hall–Kier alpha value is -1.59. The van der Waals surface area contributed by atoms with E-state index in [1.165, 1.54) is 0 Å². The highest BCUT2D eigenvalue weighted by atomic mass is 31.2. The number of rotatable bonds is 3. The van der Waals surface area contributed by atoms with Crippen LogP contribution in [0.15, 0.2) is 67.2 Å². The van der Waals surface area contributed by atoms with Crippen molar-refractivity contribution < 1.29 is 4.57 Å². The summed E-state index contributed by atoms with van der Waals surface area (Å²) in [7, 11) is -2.55. The fraction of sp³-hybridized carbons (Fsp3) is 0.0667. The molecule has 0 bridgehead atoms.